The van der Waals surface area contributed by atoms with Gasteiger partial charge in [0.1, 0.15) is 12.4 Å². The van der Waals surface area contributed by atoms with Crippen molar-refractivity contribution < 1.29 is 4.74 Å². The van der Waals surface area contributed by atoms with Gasteiger partial charge in [0.25, 0.3) is 0 Å². The molecule has 0 bridgehead atoms. The van der Waals surface area contributed by atoms with Crippen LogP contribution in [-0.4, -0.2) is 0 Å². The monoisotopic (exact) mass is 329 g/mol. The quantitative estimate of drug-likeness (QED) is 0.831. The molecule has 20 heavy (non-hydrogen) atoms. The lowest BCUT2D eigenvalue weighted by Gasteiger charge is -2.15. The highest BCUT2D eigenvalue weighted by Gasteiger charge is 2.11. The van der Waals surface area contributed by atoms with Gasteiger partial charge in [0.05, 0.1) is 0 Å². The van der Waals surface area contributed by atoms with Crippen LogP contribution in [-0.2, 0) is 6.61 Å². The van der Waals surface area contributed by atoms with Gasteiger partial charge in [-0.25, -0.2) is 0 Å². The molecule has 2 aromatic rings. The van der Waals surface area contributed by atoms with Gasteiger partial charge >= 0.3 is 0 Å². The second-order valence-corrected chi connectivity index (χ2v) is 5.71. The molecular formula is C15H14Cl3NO. The minimum atomic E-state index is -0.176. The maximum atomic E-state index is 6.11. The van der Waals surface area contributed by atoms with Crippen LogP contribution in [0.5, 0.6) is 5.75 Å². The molecule has 0 saturated carbocycles. The molecule has 0 saturated heterocycles. The fourth-order valence-electron chi connectivity index (χ4n) is 1.83. The number of hydrogen-bond donors (Lipinski definition) is 1. The van der Waals surface area contributed by atoms with Crippen LogP contribution < -0.4 is 10.5 Å². The summed E-state index contributed by atoms with van der Waals surface area (Å²) >= 11 is 18.2. The molecule has 2 rings (SSSR count). The number of halogens is 3. The average molecular weight is 331 g/mol. The van der Waals surface area contributed by atoms with E-state index in [4.69, 9.17) is 45.3 Å². The van der Waals surface area contributed by atoms with Crippen molar-refractivity contribution >= 4 is 34.8 Å². The van der Waals surface area contributed by atoms with Crippen LogP contribution in [0, 0.1) is 0 Å². The Morgan fingerprint density at radius 3 is 2.35 bits per heavy atom. The van der Waals surface area contributed by atoms with Crippen molar-refractivity contribution in [2.75, 3.05) is 0 Å². The summed E-state index contributed by atoms with van der Waals surface area (Å²) in [6.07, 6.45) is 0. The molecule has 0 unspecified atom stereocenters. The van der Waals surface area contributed by atoms with E-state index in [9.17, 15) is 0 Å². The van der Waals surface area contributed by atoms with E-state index in [1.165, 1.54) is 0 Å². The van der Waals surface area contributed by atoms with E-state index in [-0.39, 0.29) is 12.6 Å². The summed E-state index contributed by atoms with van der Waals surface area (Å²) in [6.45, 7) is 2.15. The molecule has 0 aromatic heterocycles. The van der Waals surface area contributed by atoms with Gasteiger partial charge in [-0.3, -0.25) is 0 Å². The Bertz CT molecular complexity index is 594. The van der Waals surface area contributed by atoms with Gasteiger partial charge < -0.3 is 10.5 Å². The van der Waals surface area contributed by atoms with Crippen molar-refractivity contribution in [3.8, 4) is 5.75 Å². The highest BCUT2D eigenvalue weighted by atomic mass is 35.5. The van der Waals surface area contributed by atoms with Crippen LogP contribution in [0.1, 0.15) is 24.1 Å². The Labute approximate surface area is 133 Å². The Morgan fingerprint density at radius 2 is 1.75 bits per heavy atom. The van der Waals surface area contributed by atoms with Crippen molar-refractivity contribution in [2.24, 2.45) is 5.73 Å². The zero-order chi connectivity index (χ0) is 14.7. The first-order valence-corrected chi connectivity index (χ1v) is 7.23. The summed E-state index contributed by atoms with van der Waals surface area (Å²) in [7, 11) is 0. The summed E-state index contributed by atoms with van der Waals surface area (Å²) in [5.41, 5.74) is 7.52. The van der Waals surface area contributed by atoms with E-state index in [2.05, 4.69) is 0 Å². The zero-order valence-electron chi connectivity index (χ0n) is 10.9. The summed E-state index contributed by atoms with van der Waals surface area (Å²) in [6, 6.07) is 10.5. The van der Waals surface area contributed by atoms with Gasteiger partial charge in [0.2, 0.25) is 0 Å². The number of ether oxygens (including phenoxy) is 1. The van der Waals surface area contributed by atoms with Crippen molar-refractivity contribution in [3.63, 3.8) is 0 Å². The maximum absolute atomic E-state index is 6.11. The van der Waals surface area contributed by atoms with Gasteiger partial charge in [0.15, 0.2) is 0 Å². The van der Waals surface area contributed by atoms with Crippen LogP contribution in [0.25, 0.3) is 0 Å². The molecule has 2 N–H and O–H groups in total. The third kappa shape index (κ3) is 3.58. The highest BCUT2D eigenvalue weighted by molar-refractivity contribution is 6.35. The van der Waals surface area contributed by atoms with Crippen molar-refractivity contribution in [1.29, 1.82) is 0 Å². The van der Waals surface area contributed by atoms with Gasteiger partial charge in [-0.15, -0.1) is 0 Å². The van der Waals surface area contributed by atoms with Gasteiger partial charge in [0, 0.05) is 32.2 Å². The lowest BCUT2D eigenvalue weighted by atomic mass is 10.1. The smallest absolute Gasteiger partial charge is 0.124 e. The highest BCUT2D eigenvalue weighted by Crippen LogP contribution is 2.30. The summed E-state index contributed by atoms with van der Waals surface area (Å²) < 4.78 is 5.79. The summed E-state index contributed by atoms with van der Waals surface area (Å²) in [4.78, 5) is 0. The number of nitrogens with two attached hydrogens (primary N) is 1. The molecular weight excluding hydrogens is 317 g/mol. The lowest BCUT2D eigenvalue weighted by molar-refractivity contribution is 0.301. The molecule has 0 aliphatic carbocycles. The van der Waals surface area contributed by atoms with Crippen LogP contribution >= 0.6 is 34.8 Å². The fourth-order valence-corrected chi connectivity index (χ4v) is 2.51. The van der Waals surface area contributed by atoms with Crippen molar-refractivity contribution in [1.82, 2.24) is 0 Å². The molecule has 2 nitrogen and oxygen atoms in total. The summed E-state index contributed by atoms with van der Waals surface area (Å²) in [5.74, 6) is 0.681. The molecule has 5 heteroatoms. The molecule has 0 aliphatic heterocycles. The van der Waals surface area contributed by atoms with Crippen molar-refractivity contribution in [2.45, 2.75) is 19.6 Å². The van der Waals surface area contributed by atoms with E-state index in [0.29, 0.717) is 20.8 Å². The summed E-state index contributed by atoms with van der Waals surface area (Å²) in [5, 5.41) is 1.78. The average Bonchev–Trinajstić information content (AvgIpc) is 2.39. The van der Waals surface area contributed by atoms with Gasteiger partial charge in [-0.1, -0.05) is 40.9 Å². The third-order valence-electron chi connectivity index (χ3n) is 2.90. The number of rotatable bonds is 4. The predicted molar refractivity (Wildman–Crippen MR) is 84.8 cm³/mol. The first-order valence-electron chi connectivity index (χ1n) is 6.09. The maximum Gasteiger partial charge on any atom is 0.124 e. The molecule has 0 fully saturated rings. The van der Waals surface area contributed by atoms with Crippen molar-refractivity contribution in [3.05, 3.63) is 62.6 Å². The van der Waals surface area contributed by atoms with Crippen LogP contribution in [0.4, 0.5) is 0 Å². The second kappa shape index (κ2) is 6.68. The predicted octanol–water partition coefficient (Wildman–Crippen LogP) is 5.25. The van der Waals surface area contributed by atoms with E-state index in [1.54, 1.807) is 36.4 Å². The Hall–Kier alpha value is -0.930. The normalized spacial score (nSPS) is 12.2. The largest absolute Gasteiger partial charge is 0.488 e. The fraction of sp³-hybridized carbons (Fsp3) is 0.200. The van der Waals surface area contributed by atoms with Gasteiger partial charge in [-0.05, 0) is 37.3 Å². The van der Waals surface area contributed by atoms with Gasteiger partial charge in [-0.2, -0.15) is 0 Å². The molecule has 1 atom stereocenters. The minimum absolute atomic E-state index is 0.176. The Balaban J connectivity index is 2.23. The van der Waals surface area contributed by atoms with Crippen LogP contribution in [0.3, 0.4) is 0 Å². The molecule has 2 aromatic carbocycles. The molecule has 0 amide bonds. The van der Waals surface area contributed by atoms with E-state index < -0.39 is 0 Å². The number of benzene rings is 2. The first kappa shape index (κ1) is 15.5. The molecule has 0 heterocycles. The van der Waals surface area contributed by atoms with E-state index in [0.717, 1.165) is 11.1 Å². The zero-order valence-corrected chi connectivity index (χ0v) is 13.1. The first-order chi connectivity index (χ1) is 9.49. The Morgan fingerprint density at radius 1 is 1.10 bits per heavy atom. The Kier molecular flexibility index (Phi) is 5.17. The minimum Gasteiger partial charge on any atom is -0.488 e. The van der Waals surface area contributed by atoms with Crippen LogP contribution in [0.2, 0.25) is 15.1 Å². The standard InChI is InChI=1S/C15H14Cl3NO/c1-9(19)11-7-10(16)5-6-15(11)20-8-12-13(17)3-2-4-14(12)18/h2-7,9H,8,19H2,1H3/t9-/m0/s1. The second-order valence-electron chi connectivity index (χ2n) is 4.46. The van der Waals surface area contributed by atoms with Crippen LogP contribution in [0.15, 0.2) is 36.4 Å². The topological polar surface area (TPSA) is 35.2 Å². The molecule has 106 valence electrons. The molecule has 0 radical (unpaired) electrons. The van der Waals surface area contributed by atoms with E-state index in [1.807, 2.05) is 6.92 Å². The molecule has 0 aliphatic rings. The number of hydrogen-bond acceptors (Lipinski definition) is 2. The third-order valence-corrected chi connectivity index (χ3v) is 3.84. The molecule has 0 spiro atoms. The lowest BCUT2D eigenvalue weighted by Crippen LogP contribution is -2.08. The SMILES string of the molecule is C[C@H](N)c1cc(Cl)ccc1OCc1c(Cl)cccc1Cl. The van der Waals surface area contributed by atoms with E-state index >= 15 is 0 Å².